The summed E-state index contributed by atoms with van der Waals surface area (Å²) >= 11 is 0. The molecule has 0 aliphatic carbocycles. The second kappa shape index (κ2) is 12.6. The number of alkyl halides is 6. The molecule has 0 saturated carbocycles. The van der Waals surface area contributed by atoms with Crippen molar-refractivity contribution in [3.05, 3.63) is 58.4 Å². The van der Waals surface area contributed by atoms with Crippen LogP contribution in [0.3, 0.4) is 0 Å². The minimum atomic E-state index is -4.97. The topological polar surface area (TPSA) is 57.2 Å². The fraction of sp³-hybridized carbons (Fsp3) is 0.464. The molecule has 0 spiro atoms. The Morgan fingerprint density at radius 3 is 2.59 bits per heavy atom. The molecule has 0 aromatic heterocycles. The summed E-state index contributed by atoms with van der Waals surface area (Å²) in [5, 5.41) is 0. The van der Waals surface area contributed by atoms with E-state index in [4.69, 9.17) is 14.2 Å². The molecule has 41 heavy (non-hydrogen) atoms. The molecule has 2 aliphatic rings. The van der Waals surface area contributed by atoms with Gasteiger partial charge in [0.1, 0.15) is 36.3 Å². The molecule has 6 nitrogen and oxygen atoms in total. The molecular weight excluding hydrogens is 563 g/mol. The van der Waals surface area contributed by atoms with Gasteiger partial charge in [-0.25, -0.2) is 4.39 Å². The molecule has 1 saturated heterocycles. The van der Waals surface area contributed by atoms with Gasteiger partial charge in [0, 0.05) is 25.2 Å². The van der Waals surface area contributed by atoms with Gasteiger partial charge in [0.15, 0.2) is 6.61 Å². The van der Waals surface area contributed by atoms with E-state index in [0.29, 0.717) is 25.8 Å². The van der Waals surface area contributed by atoms with Crippen molar-refractivity contribution in [1.29, 1.82) is 0 Å². The van der Waals surface area contributed by atoms with Crippen LogP contribution in [0, 0.1) is 11.7 Å². The van der Waals surface area contributed by atoms with Gasteiger partial charge in [0.25, 0.3) is 0 Å². The zero-order valence-electron chi connectivity index (χ0n) is 22.0. The Morgan fingerprint density at radius 2 is 1.88 bits per heavy atom. The van der Waals surface area contributed by atoms with Crippen molar-refractivity contribution in [3.8, 4) is 17.2 Å². The molecule has 4 rings (SSSR count). The minimum Gasteiger partial charge on any atom is -0.489 e. The molecule has 13 heteroatoms. The Balaban J connectivity index is 1.41. The van der Waals surface area contributed by atoms with E-state index < -0.39 is 42.7 Å². The summed E-state index contributed by atoms with van der Waals surface area (Å²) in [5.41, 5.74) is -0.395. The first kappa shape index (κ1) is 30.5. The van der Waals surface area contributed by atoms with Crippen molar-refractivity contribution < 1.29 is 54.5 Å². The van der Waals surface area contributed by atoms with Gasteiger partial charge in [-0.1, -0.05) is 6.07 Å². The van der Waals surface area contributed by atoms with Gasteiger partial charge >= 0.3 is 18.3 Å². The van der Waals surface area contributed by atoms with Crippen LogP contribution in [0.25, 0.3) is 6.08 Å². The summed E-state index contributed by atoms with van der Waals surface area (Å²) in [6.07, 6.45) is -6.53. The quantitative estimate of drug-likeness (QED) is 0.248. The first-order valence-electron chi connectivity index (χ1n) is 12.9. The maximum absolute atomic E-state index is 15.0. The Labute approximate surface area is 231 Å². The molecule has 224 valence electrons. The molecule has 0 bridgehead atoms. The van der Waals surface area contributed by atoms with Crippen molar-refractivity contribution in [1.82, 2.24) is 4.90 Å². The third-order valence-electron chi connectivity index (χ3n) is 6.52. The highest BCUT2D eigenvalue weighted by Gasteiger charge is 2.36. The van der Waals surface area contributed by atoms with E-state index in [9.17, 15) is 35.5 Å². The molecule has 0 unspecified atom stereocenters. The number of rotatable bonds is 9. The van der Waals surface area contributed by atoms with Crippen LogP contribution in [0.2, 0.25) is 0 Å². The Morgan fingerprint density at radius 1 is 1.10 bits per heavy atom. The van der Waals surface area contributed by atoms with Gasteiger partial charge in [-0.05, 0) is 55.7 Å². The highest BCUT2D eigenvalue weighted by atomic mass is 19.4. The number of carbonyl (C=O) groups is 1. The van der Waals surface area contributed by atoms with Crippen LogP contribution in [-0.4, -0.2) is 56.5 Å². The van der Waals surface area contributed by atoms with E-state index in [0.717, 1.165) is 43.2 Å². The number of hydrogen-bond acceptors (Lipinski definition) is 6. The number of nitrogens with zero attached hydrogens (tertiary/aromatic N) is 1. The number of carbonyl (C=O) groups excluding carboxylic acids is 1. The number of halogens is 7. The molecular formula is C28H28F7NO5. The maximum Gasteiger partial charge on any atom is 0.422 e. The van der Waals surface area contributed by atoms with Crippen molar-refractivity contribution >= 4 is 12.0 Å². The molecule has 1 atom stereocenters. The Kier molecular flexibility index (Phi) is 9.35. The highest BCUT2D eigenvalue weighted by molar-refractivity contribution is 5.72. The first-order chi connectivity index (χ1) is 19.3. The number of hydrogen-bond donors (Lipinski definition) is 0. The zero-order valence-corrected chi connectivity index (χ0v) is 22.0. The lowest BCUT2D eigenvalue weighted by molar-refractivity contribution is -0.158. The van der Waals surface area contributed by atoms with Crippen LogP contribution in [0.1, 0.15) is 36.5 Å². The number of likely N-dealkylation sites (tertiary alicyclic amines) is 1. The number of fused-ring (bicyclic) bond motifs is 1. The summed E-state index contributed by atoms with van der Waals surface area (Å²) in [6, 6.07) is 5.03. The van der Waals surface area contributed by atoms with E-state index in [1.54, 1.807) is 13.0 Å². The number of esters is 1. The lowest BCUT2D eigenvalue weighted by Gasteiger charge is -2.32. The van der Waals surface area contributed by atoms with Crippen LogP contribution in [0.5, 0.6) is 17.2 Å². The normalized spacial score (nSPS) is 17.8. The van der Waals surface area contributed by atoms with E-state index in [-0.39, 0.29) is 41.1 Å². The van der Waals surface area contributed by atoms with Gasteiger partial charge < -0.3 is 18.9 Å². The molecule has 2 aliphatic heterocycles. The lowest BCUT2D eigenvalue weighted by atomic mass is 9.97. The Bertz CT molecular complexity index is 1280. The third kappa shape index (κ3) is 8.27. The van der Waals surface area contributed by atoms with Gasteiger partial charge in [-0.3, -0.25) is 9.69 Å². The number of piperidine rings is 1. The van der Waals surface area contributed by atoms with Crippen LogP contribution in [0.15, 0.2) is 35.9 Å². The van der Waals surface area contributed by atoms with Crippen LogP contribution < -0.4 is 14.2 Å². The van der Waals surface area contributed by atoms with Gasteiger partial charge in [-0.15, -0.1) is 0 Å². The summed E-state index contributed by atoms with van der Waals surface area (Å²) < 4.78 is 113. The summed E-state index contributed by atoms with van der Waals surface area (Å²) in [5.74, 6) is -1.88. The molecule has 2 aromatic rings. The smallest absolute Gasteiger partial charge is 0.422 e. The standard InChI is InChI=1S/C28H28F7NO5/c1-2-38-26(37)19-4-3-7-36(13-19)12-18-8-21-23(29)10-20(11-25(21)40-15-18)39-14-17-5-6-24(41-16-27(30,31)32)22(9-17)28(33,34)35/h5-6,8-11,19H,2-4,7,12-16H2,1H3/t19-/m0/s1. The second-order valence-electron chi connectivity index (χ2n) is 9.76. The highest BCUT2D eigenvalue weighted by Crippen LogP contribution is 2.38. The predicted octanol–water partition coefficient (Wildman–Crippen LogP) is 6.42. The number of ether oxygens (including phenoxy) is 4. The first-order valence-corrected chi connectivity index (χ1v) is 12.9. The SMILES string of the molecule is CCOC(=O)[C@H]1CCCN(CC2=Cc3c(F)cc(OCc4ccc(OCC(F)(F)F)c(C(F)(F)F)c4)cc3OC2)C1. The summed E-state index contributed by atoms with van der Waals surface area (Å²) in [7, 11) is 0. The predicted molar refractivity (Wildman–Crippen MR) is 133 cm³/mol. The minimum absolute atomic E-state index is 0.00244. The summed E-state index contributed by atoms with van der Waals surface area (Å²) in [6.45, 7) is 1.75. The Hall–Kier alpha value is -3.48. The average molecular weight is 592 g/mol. The van der Waals surface area contributed by atoms with Crippen LogP contribution in [0.4, 0.5) is 30.7 Å². The maximum atomic E-state index is 15.0. The van der Waals surface area contributed by atoms with Crippen molar-refractivity contribution in [2.75, 3.05) is 39.5 Å². The van der Waals surface area contributed by atoms with Gasteiger partial charge in [-0.2, -0.15) is 26.3 Å². The van der Waals surface area contributed by atoms with Crippen LogP contribution in [-0.2, 0) is 22.3 Å². The monoisotopic (exact) mass is 591 g/mol. The fourth-order valence-corrected chi connectivity index (χ4v) is 4.70. The van der Waals surface area contributed by atoms with E-state index in [1.807, 2.05) is 0 Å². The van der Waals surface area contributed by atoms with E-state index in [1.165, 1.54) is 6.07 Å². The second-order valence-corrected chi connectivity index (χ2v) is 9.76. The van der Waals surface area contributed by atoms with Crippen molar-refractivity contribution in [2.45, 2.75) is 38.7 Å². The lowest BCUT2D eigenvalue weighted by Crippen LogP contribution is -2.40. The summed E-state index contributed by atoms with van der Waals surface area (Å²) in [4.78, 5) is 14.2. The van der Waals surface area contributed by atoms with Gasteiger partial charge in [0.2, 0.25) is 0 Å². The third-order valence-corrected chi connectivity index (χ3v) is 6.52. The largest absolute Gasteiger partial charge is 0.489 e. The zero-order chi connectivity index (χ0) is 29.8. The van der Waals surface area contributed by atoms with E-state index >= 15 is 0 Å². The molecule has 2 heterocycles. The van der Waals surface area contributed by atoms with Crippen LogP contribution >= 0.6 is 0 Å². The van der Waals surface area contributed by atoms with Crippen molar-refractivity contribution in [2.24, 2.45) is 5.92 Å². The molecule has 0 amide bonds. The van der Waals surface area contributed by atoms with E-state index in [2.05, 4.69) is 9.64 Å². The molecule has 0 radical (unpaired) electrons. The molecule has 1 fully saturated rings. The average Bonchev–Trinajstić information content (AvgIpc) is 2.90. The molecule has 0 N–H and O–H groups in total. The van der Waals surface area contributed by atoms with Crippen molar-refractivity contribution in [3.63, 3.8) is 0 Å². The number of benzene rings is 2. The molecule has 2 aromatic carbocycles. The van der Waals surface area contributed by atoms with Gasteiger partial charge in [0.05, 0.1) is 23.7 Å². The fourth-order valence-electron chi connectivity index (χ4n) is 4.70.